The summed E-state index contributed by atoms with van der Waals surface area (Å²) >= 11 is 4.86. The Labute approximate surface area is 116 Å². The lowest BCUT2D eigenvalue weighted by Gasteiger charge is -1.96. The molecule has 0 saturated carbocycles. The maximum absolute atomic E-state index is 11.6. The molecule has 2 aromatic heterocycles. The summed E-state index contributed by atoms with van der Waals surface area (Å²) in [5, 5.41) is 1.90. The Balaban J connectivity index is 2.45. The lowest BCUT2D eigenvalue weighted by molar-refractivity contribution is 0.0559. The highest BCUT2D eigenvalue weighted by atomic mass is 79.9. The van der Waals surface area contributed by atoms with Gasteiger partial charge in [-0.05, 0) is 27.4 Å². The van der Waals surface area contributed by atoms with Gasteiger partial charge in [-0.15, -0.1) is 11.3 Å². The Bertz CT molecular complexity index is 563. The third-order valence-corrected chi connectivity index (χ3v) is 3.99. The summed E-state index contributed by atoms with van der Waals surface area (Å²) in [6, 6.07) is 1.89. The molecule has 0 aromatic carbocycles. The molecule has 0 atom stereocenters. The maximum atomic E-state index is 11.6. The fourth-order valence-corrected chi connectivity index (χ4v) is 2.85. The van der Waals surface area contributed by atoms with E-state index >= 15 is 0 Å². The highest BCUT2D eigenvalue weighted by Gasteiger charge is 2.22. The first kappa shape index (κ1) is 13.3. The van der Waals surface area contributed by atoms with Gasteiger partial charge in [-0.25, -0.2) is 9.78 Å². The quantitative estimate of drug-likeness (QED) is 0.805. The van der Waals surface area contributed by atoms with E-state index in [1.54, 1.807) is 0 Å². The summed E-state index contributed by atoms with van der Waals surface area (Å²) in [6.07, 6.45) is 0. The van der Waals surface area contributed by atoms with E-state index in [1.807, 2.05) is 11.4 Å². The van der Waals surface area contributed by atoms with Crippen molar-refractivity contribution in [3.8, 4) is 10.8 Å². The fraction of sp³-hybridized carbons (Fsp3) is 0.273. The number of halogens is 1. The number of rotatable bonds is 4. The Morgan fingerprint density at radius 1 is 1.56 bits per heavy atom. The molecule has 0 aliphatic heterocycles. The minimum absolute atomic E-state index is 0.0784. The smallest absolute Gasteiger partial charge is 0.376 e. The van der Waals surface area contributed by atoms with Crippen molar-refractivity contribution in [2.75, 3.05) is 14.2 Å². The third kappa shape index (κ3) is 2.47. The molecule has 2 heterocycles. The van der Waals surface area contributed by atoms with Crippen molar-refractivity contribution >= 4 is 33.2 Å². The number of hydrogen-bond acceptors (Lipinski definition) is 6. The lowest BCUT2D eigenvalue weighted by Crippen LogP contribution is -2.04. The molecule has 0 fully saturated rings. The van der Waals surface area contributed by atoms with Gasteiger partial charge < -0.3 is 13.9 Å². The minimum Gasteiger partial charge on any atom is -0.463 e. The molecular formula is C11H10BrNO4S. The molecule has 7 heteroatoms. The summed E-state index contributed by atoms with van der Waals surface area (Å²) in [7, 11) is 2.82. The molecule has 0 spiro atoms. The number of ether oxygens (including phenoxy) is 2. The largest absolute Gasteiger partial charge is 0.463 e. The lowest BCUT2D eigenvalue weighted by atomic mass is 10.3. The van der Waals surface area contributed by atoms with Crippen LogP contribution in [0.3, 0.4) is 0 Å². The van der Waals surface area contributed by atoms with E-state index in [4.69, 9.17) is 9.15 Å². The molecule has 0 bridgehead atoms. The van der Waals surface area contributed by atoms with Gasteiger partial charge in [0.2, 0.25) is 11.7 Å². The van der Waals surface area contributed by atoms with Crippen molar-refractivity contribution in [2.24, 2.45) is 0 Å². The van der Waals surface area contributed by atoms with Crippen molar-refractivity contribution in [2.45, 2.75) is 6.61 Å². The molecule has 2 aromatic rings. The zero-order chi connectivity index (χ0) is 13.1. The number of hydrogen-bond donors (Lipinski definition) is 0. The zero-order valence-corrected chi connectivity index (χ0v) is 12.1. The van der Waals surface area contributed by atoms with Crippen LogP contribution in [0.5, 0.6) is 0 Å². The summed E-state index contributed by atoms with van der Waals surface area (Å²) in [5.41, 5.74) is 0.430. The molecule has 0 aliphatic carbocycles. The van der Waals surface area contributed by atoms with Crippen LogP contribution < -0.4 is 0 Å². The van der Waals surface area contributed by atoms with Gasteiger partial charge in [0.25, 0.3) is 0 Å². The van der Waals surface area contributed by atoms with Crippen molar-refractivity contribution in [3.63, 3.8) is 0 Å². The molecule has 2 rings (SSSR count). The van der Waals surface area contributed by atoms with Crippen LogP contribution in [-0.4, -0.2) is 25.2 Å². The highest BCUT2D eigenvalue weighted by molar-refractivity contribution is 9.10. The van der Waals surface area contributed by atoms with Gasteiger partial charge >= 0.3 is 5.97 Å². The van der Waals surface area contributed by atoms with Gasteiger partial charge in [0.05, 0.1) is 13.7 Å². The first-order chi connectivity index (χ1) is 8.67. The van der Waals surface area contributed by atoms with Crippen LogP contribution in [0, 0.1) is 0 Å². The Kier molecular flexibility index (Phi) is 4.15. The molecule has 96 valence electrons. The topological polar surface area (TPSA) is 61.6 Å². The van der Waals surface area contributed by atoms with Crippen LogP contribution in [0.2, 0.25) is 0 Å². The molecule has 0 unspecified atom stereocenters. The Morgan fingerprint density at radius 2 is 2.33 bits per heavy atom. The maximum Gasteiger partial charge on any atom is 0.376 e. The van der Waals surface area contributed by atoms with Gasteiger partial charge in [-0.2, -0.15) is 0 Å². The monoisotopic (exact) mass is 331 g/mol. The van der Waals surface area contributed by atoms with E-state index in [0.717, 1.165) is 9.35 Å². The van der Waals surface area contributed by atoms with Crippen molar-refractivity contribution in [3.05, 3.63) is 27.4 Å². The van der Waals surface area contributed by atoms with Crippen LogP contribution in [0.25, 0.3) is 10.8 Å². The van der Waals surface area contributed by atoms with Crippen LogP contribution in [0.4, 0.5) is 0 Å². The summed E-state index contributed by atoms with van der Waals surface area (Å²) in [5.74, 6) is -0.104. The predicted molar refractivity (Wildman–Crippen MR) is 69.6 cm³/mol. The van der Waals surface area contributed by atoms with E-state index in [1.165, 1.54) is 25.6 Å². The molecular weight excluding hydrogens is 322 g/mol. The number of aromatic nitrogens is 1. The average molecular weight is 332 g/mol. The number of thiophene rings is 1. The normalized spacial score (nSPS) is 10.6. The SMILES string of the molecule is COCc1nc(-c2sccc2Br)oc1C(=O)OC. The second-order valence-electron chi connectivity index (χ2n) is 3.32. The molecule has 0 aliphatic rings. The summed E-state index contributed by atoms with van der Waals surface area (Å²) < 4.78 is 16.0. The summed E-state index contributed by atoms with van der Waals surface area (Å²) in [4.78, 5) is 16.6. The van der Waals surface area contributed by atoms with Gasteiger partial charge in [0, 0.05) is 11.6 Å². The summed E-state index contributed by atoms with van der Waals surface area (Å²) in [6.45, 7) is 0.191. The molecule has 0 saturated heterocycles. The number of carbonyl (C=O) groups excluding carboxylic acids is 1. The van der Waals surface area contributed by atoms with Crippen LogP contribution in [-0.2, 0) is 16.1 Å². The van der Waals surface area contributed by atoms with Crippen molar-refractivity contribution < 1.29 is 18.7 Å². The predicted octanol–water partition coefficient (Wildman–Crippen LogP) is 3.10. The Morgan fingerprint density at radius 3 is 2.89 bits per heavy atom. The van der Waals surface area contributed by atoms with Crippen LogP contribution in [0.1, 0.15) is 16.2 Å². The van der Waals surface area contributed by atoms with Crippen LogP contribution >= 0.6 is 27.3 Å². The van der Waals surface area contributed by atoms with Crippen LogP contribution in [0.15, 0.2) is 20.3 Å². The van der Waals surface area contributed by atoms with Gasteiger partial charge in [0.1, 0.15) is 10.6 Å². The van der Waals surface area contributed by atoms with E-state index in [0.29, 0.717) is 11.6 Å². The fourth-order valence-electron chi connectivity index (χ4n) is 1.38. The first-order valence-corrected chi connectivity index (χ1v) is 6.65. The first-order valence-electron chi connectivity index (χ1n) is 4.97. The number of methoxy groups -OCH3 is 2. The molecule has 18 heavy (non-hydrogen) atoms. The Hall–Kier alpha value is -1.18. The number of esters is 1. The van der Waals surface area contributed by atoms with Gasteiger partial charge in [-0.1, -0.05) is 0 Å². The van der Waals surface area contributed by atoms with Gasteiger partial charge in [0.15, 0.2) is 0 Å². The van der Waals surface area contributed by atoms with Crippen molar-refractivity contribution in [1.82, 2.24) is 4.98 Å². The third-order valence-electron chi connectivity index (χ3n) is 2.16. The van der Waals surface area contributed by atoms with Crippen molar-refractivity contribution in [1.29, 1.82) is 0 Å². The molecule has 0 amide bonds. The molecule has 0 radical (unpaired) electrons. The number of oxazole rings is 1. The average Bonchev–Trinajstić information content (AvgIpc) is 2.95. The standard InChI is InChI=1S/C11H10BrNO4S/c1-15-5-7-8(11(14)16-2)17-10(13-7)9-6(12)3-4-18-9/h3-4H,5H2,1-2H3. The van der Waals surface area contributed by atoms with Gasteiger partial charge in [-0.3, -0.25) is 0 Å². The second-order valence-corrected chi connectivity index (χ2v) is 5.09. The van der Waals surface area contributed by atoms with E-state index < -0.39 is 5.97 Å². The second kappa shape index (κ2) is 5.64. The van der Waals surface area contributed by atoms with E-state index in [2.05, 4.69) is 25.7 Å². The highest BCUT2D eigenvalue weighted by Crippen LogP contribution is 2.34. The van der Waals surface area contributed by atoms with E-state index in [9.17, 15) is 4.79 Å². The zero-order valence-electron chi connectivity index (χ0n) is 9.73. The minimum atomic E-state index is -0.562. The van der Waals surface area contributed by atoms with E-state index in [-0.39, 0.29) is 12.4 Å². The molecule has 0 N–H and O–H groups in total. The number of carbonyl (C=O) groups is 1. The molecule has 5 nitrogen and oxygen atoms in total. The number of nitrogens with zero attached hydrogens (tertiary/aromatic N) is 1.